The zero-order chi connectivity index (χ0) is 29.1. The summed E-state index contributed by atoms with van der Waals surface area (Å²) >= 11 is 0. The summed E-state index contributed by atoms with van der Waals surface area (Å²) in [5.74, 6) is -0.672. The molecular weight excluding hydrogens is 550 g/mol. The predicted molar refractivity (Wildman–Crippen MR) is 151 cm³/mol. The number of hydrogen-bond donors (Lipinski definition) is 3. The van der Waals surface area contributed by atoms with E-state index in [1.54, 1.807) is 18.2 Å². The number of rotatable bonds is 9. The average molecular weight is 578 g/mol. The maximum absolute atomic E-state index is 13.6. The van der Waals surface area contributed by atoms with E-state index in [1.807, 2.05) is 6.07 Å². The van der Waals surface area contributed by atoms with E-state index in [9.17, 15) is 27.7 Å². The minimum absolute atomic E-state index is 0.0306. The summed E-state index contributed by atoms with van der Waals surface area (Å²) in [6.07, 6.45) is 3.00. The SMILES string of the molecule is CS(=O)(=O)N(Cc1cc(CO)c2c(c1)COB2O)Cc1cc2oc(-c3ccc(F)cc3)c(C(N)=O)c2cc1C1CC1. The van der Waals surface area contributed by atoms with Crippen LogP contribution in [0.5, 0.6) is 0 Å². The van der Waals surface area contributed by atoms with Gasteiger partial charge in [0.25, 0.3) is 5.91 Å². The Labute approximate surface area is 236 Å². The number of nitrogens with zero attached hydrogens (tertiary/aromatic N) is 1. The third-order valence-electron chi connectivity index (χ3n) is 7.72. The van der Waals surface area contributed by atoms with Gasteiger partial charge in [-0.2, -0.15) is 4.31 Å². The van der Waals surface area contributed by atoms with Crippen molar-refractivity contribution in [3.63, 3.8) is 0 Å². The fraction of sp³-hybridized carbons (Fsp3) is 0.276. The topological polar surface area (TPSA) is 143 Å². The number of carbonyl (C=O) groups is 1. The molecular formula is C29H28BFN2O7S. The highest BCUT2D eigenvalue weighted by Crippen LogP contribution is 2.45. The second kappa shape index (κ2) is 10.4. The summed E-state index contributed by atoms with van der Waals surface area (Å²) in [7, 11) is -4.82. The van der Waals surface area contributed by atoms with Gasteiger partial charge in [0.1, 0.15) is 17.2 Å². The lowest BCUT2D eigenvalue weighted by atomic mass is 9.75. The van der Waals surface area contributed by atoms with E-state index < -0.39 is 28.9 Å². The number of aliphatic hydroxyl groups is 1. The smallest absolute Gasteiger partial charge is 0.455 e. The van der Waals surface area contributed by atoms with Crippen molar-refractivity contribution in [3.8, 4) is 11.3 Å². The highest BCUT2D eigenvalue weighted by Gasteiger charge is 2.33. The summed E-state index contributed by atoms with van der Waals surface area (Å²) in [4.78, 5) is 12.5. The van der Waals surface area contributed by atoms with Crippen molar-refractivity contribution in [2.45, 2.75) is 45.1 Å². The molecule has 1 amide bonds. The standard InChI is InChI=1S/C29H28BFN2O7S/c1-41(37,38)33(12-16-8-20(14-34)27-21(9-16)15-39-30(27)36)13-19-10-25-24(11-23(19)17-2-3-17)26(29(32)35)28(40-25)18-4-6-22(31)7-5-18/h4-11,17,34,36H,2-3,12-15H2,1H3,(H2,32,35). The Bertz CT molecular complexity index is 1790. The number of sulfonamides is 1. The van der Waals surface area contributed by atoms with Gasteiger partial charge in [0.15, 0.2) is 0 Å². The Balaban J connectivity index is 1.42. The number of hydrogen-bond acceptors (Lipinski definition) is 7. The molecule has 1 aromatic heterocycles. The molecule has 41 heavy (non-hydrogen) atoms. The molecule has 0 saturated heterocycles. The van der Waals surface area contributed by atoms with Gasteiger partial charge >= 0.3 is 7.12 Å². The Morgan fingerprint density at radius 1 is 1.12 bits per heavy atom. The highest BCUT2D eigenvalue weighted by atomic mass is 32.2. The number of furan rings is 1. The van der Waals surface area contributed by atoms with Crippen LogP contribution in [-0.2, 0) is 41.0 Å². The molecule has 0 spiro atoms. The van der Waals surface area contributed by atoms with Crippen LogP contribution in [0.4, 0.5) is 4.39 Å². The maximum atomic E-state index is 13.6. The number of primary amides is 1. The first-order valence-corrected chi connectivity index (χ1v) is 15.0. The van der Waals surface area contributed by atoms with Crippen molar-refractivity contribution >= 4 is 39.5 Å². The van der Waals surface area contributed by atoms with E-state index in [0.717, 1.165) is 30.2 Å². The molecule has 2 heterocycles. The number of amides is 1. The summed E-state index contributed by atoms with van der Waals surface area (Å²) in [6, 6.07) is 12.6. The van der Waals surface area contributed by atoms with Crippen LogP contribution in [-0.4, -0.2) is 42.1 Å². The second-order valence-corrected chi connectivity index (χ2v) is 12.7. The molecule has 0 bridgehead atoms. The molecule has 2 aliphatic rings. The van der Waals surface area contributed by atoms with Crippen molar-refractivity contribution in [3.05, 3.63) is 87.7 Å². The summed E-state index contributed by atoms with van der Waals surface area (Å²) in [6.45, 7) is -0.0858. The van der Waals surface area contributed by atoms with Crippen LogP contribution in [0.25, 0.3) is 22.3 Å². The molecule has 9 nitrogen and oxygen atoms in total. The van der Waals surface area contributed by atoms with Gasteiger partial charge in [0.2, 0.25) is 10.0 Å². The summed E-state index contributed by atoms with van der Waals surface area (Å²) in [5.41, 5.74) is 10.8. The quantitative estimate of drug-likeness (QED) is 0.259. The zero-order valence-corrected chi connectivity index (χ0v) is 23.1. The molecule has 1 fully saturated rings. The first-order chi connectivity index (χ1) is 19.5. The molecule has 1 saturated carbocycles. The number of halogens is 1. The molecule has 0 atom stereocenters. The third kappa shape index (κ3) is 5.29. The first kappa shape index (κ1) is 27.6. The second-order valence-electron chi connectivity index (χ2n) is 10.7. The van der Waals surface area contributed by atoms with Crippen LogP contribution in [0.1, 0.15) is 56.9 Å². The molecule has 6 rings (SSSR count). The molecule has 0 radical (unpaired) electrons. The minimum Gasteiger partial charge on any atom is -0.455 e. The van der Waals surface area contributed by atoms with Crippen molar-refractivity contribution < 1.29 is 36.8 Å². The molecule has 1 aliphatic heterocycles. The largest absolute Gasteiger partial charge is 0.492 e. The molecule has 3 aromatic carbocycles. The van der Waals surface area contributed by atoms with E-state index in [4.69, 9.17) is 14.8 Å². The van der Waals surface area contributed by atoms with Crippen LogP contribution in [0.3, 0.4) is 0 Å². The normalized spacial score (nSPS) is 15.2. The zero-order valence-electron chi connectivity index (χ0n) is 22.3. The number of benzene rings is 3. The highest BCUT2D eigenvalue weighted by molar-refractivity contribution is 7.88. The lowest BCUT2D eigenvalue weighted by Gasteiger charge is -2.23. The van der Waals surface area contributed by atoms with Gasteiger partial charge in [0.05, 0.1) is 25.0 Å². The lowest BCUT2D eigenvalue weighted by Crippen LogP contribution is -2.33. The molecule has 0 unspecified atom stereocenters. The van der Waals surface area contributed by atoms with Gasteiger partial charge < -0.3 is 24.9 Å². The van der Waals surface area contributed by atoms with Crippen molar-refractivity contribution in [1.29, 1.82) is 0 Å². The van der Waals surface area contributed by atoms with Gasteiger partial charge in [-0.05, 0) is 88.4 Å². The van der Waals surface area contributed by atoms with Crippen LogP contribution < -0.4 is 11.2 Å². The van der Waals surface area contributed by atoms with Crippen LogP contribution >= 0.6 is 0 Å². The average Bonchev–Trinajstić information content (AvgIpc) is 3.60. The van der Waals surface area contributed by atoms with Crippen LogP contribution in [0, 0.1) is 5.82 Å². The summed E-state index contributed by atoms with van der Waals surface area (Å²) < 4.78 is 52.3. The monoisotopic (exact) mass is 578 g/mol. The van der Waals surface area contributed by atoms with E-state index in [-0.39, 0.29) is 43.5 Å². The van der Waals surface area contributed by atoms with Gasteiger partial charge in [-0.3, -0.25) is 4.79 Å². The van der Waals surface area contributed by atoms with Gasteiger partial charge in [-0.25, -0.2) is 12.8 Å². The van der Waals surface area contributed by atoms with Gasteiger partial charge in [-0.15, -0.1) is 0 Å². The van der Waals surface area contributed by atoms with Crippen molar-refractivity contribution in [2.75, 3.05) is 6.26 Å². The molecule has 12 heteroatoms. The van der Waals surface area contributed by atoms with E-state index in [2.05, 4.69) is 0 Å². The molecule has 1 aliphatic carbocycles. The van der Waals surface area contributed by atoms with E-state index in [1.165, 1.54) is 28.6 Å². The number of nitrogens with two attached hydrogens (primary N) is 1. The Morgan fingerprint density at radius 3 is 2.49 bits per heavy atom. The van der Waals surface area contributed by atoms with Crippen LogP contribution in [0.15, 0.2) is 52.9 Å². The first-order valence-electron chi connectivity index (χ1n) is 13.2. The fourth-order valence-corrected chi connectivity index (χ4v) is 6.37. The fourth-order valence-electron chi connectivity index (χ4n) is 5.61. The number of fused-ring (bicyclic) bond motifs is 2. The van der Waals surface area contributed by atoms with E-state index in [0.29, 0.717) is 38.7 Å². The summed E-state index contributed by atoms with van der Waals surface area (Å²) in [5, 5.41) is 20.5. The van der Waals surface area contributed by atoms with Gasteiger partial charge in [0, 0.05) is 24.0 Å². The predicted octanol–water partition coefficient (Wildman–Crippen LogP) is 2.89. The molecule has 212 valence electrons. The van der Waals surface area contributed by atoms with Crippen molar-refractivity contribution in [2.24, 2.45) is 5.73 Å². The maximum Gasteiger partial charge on any atom is 0.492 e. The Kier molecular flexibility index (Phi) is 6.99. The lowest BCUT2D eigenvalue weighted by molar-refractivity contribution is 0.100. The van der Waals surface area contributed by atoms with Crippen LogP contribution in [0.2, 0.25) is 0 Å². The number of aliphatic hydroxyl groups excluding tert-OH is 1. The molecule has 4 N–H and O–H groups in total. The van der Waals surface area contributed by atoms with E-state index >= 15 is 0 Å². The third-order valence-corrected chi connectivity index (χ3v) is 8.92. The number of carbonyl (C=O) groups excluding carboxylic acids is 1. The Morgan fingerprint density at radius 2 is 1.85 bits per heavy atom. The molecule has 4 aromatic rings. The van der Waals surface area contributed by atoms with Crippen molar-refractivity contribution in [1.82, 2.24) is 4.31 Å². The Hall–Kier alpha value is -3.55. The minimum atomic E-state index is -3.69. The van der Waals surface area contributed by atoms with Gasteiger partial charge in [-0.1, -0.05) is 12.1 Å².